The van der Waals surface area contributed by atoms with Crippen molar-refractivity contribution in [2.45, 2.75) is 13.0 Å². The minimum Gasteiger partial charge on any atom is -0.381 e. The first-order chi connectivity index (χ1) is 8.81. The molecule has 4 heteroatoms. The quantitative estimate of drug-likeness (QED) is 0.846. The van der Waals surface area contributed by atoms with Crippen molar-refractivity contribution in [3.05, 3.63) is 35.9 Å². The summed E-state index contributed by atoms with van der Waals surface area (Å²) in [5, 5.41) is 0. The van der Waals surface area contributed by atoms with Gasteiger partial charge in [0, 0.05) is 26.2 Å². The van der Waals surface area contributed by atoms with Gasteiger partial charge in [-0.05, 0) is 12.0 Å². The zero-order valence-electron chi connectivity index (χ0n) is 10.5. The molecular weight excluding hydrogens is 228 g/mol. The van der Waals surface area contributed by atoms with Crippen LogP contribution >= 0.6 is 0 Å². The smallest absolute Gasteiger partial charge is 0.228 e. The summed E-state index contributed by atoms with van der Waals surface area (Å²) in [5.41, 5.74) is 6.73. The highest BCUT2D eigenvalue weighted by Gasteiger charge is 2.27. The molecule has 0 aromatic heterocycles. The van der Waals surface area contributed by atoms with Crippen molar-refractivity contribution in [1.82, 2.24) is 4.90 Å². The number of hydrogen-bond acceptors (Lipinski definition) is 3. The Morgan fingerprint density at radius 2 is 2.17 bits per heavy atom. The first-order valence-corrected chi connectivity index (χ1v) is 6.42. The highest BCUT2D eigenvalue weighted by Crippen LogP contribution is 2.17. The lowest BCUT2D eigenvalue weighted by Crippen LogP contribution is -2.39. The topological polar surface area (TPSA) is 55.6 Å². The maximum Gasteiger partial charge on any atom is 0.228 e. The van der Waals surface area contributed by atoms with Crippen LogP contribution in [0, 0.1) is 5.92 Å². The van der Waals surface area contributed by atoms with Crippen LogP contribution in [0.4, 0.5) is 0 Å². The molecule has 1 fully saturated rings. The van der Waals surface area contributed by atoms with E-state index in [9.17, 15) is 4.79 Å². The second kappa shape index (κ2) is 6.52. The number of nitrogens with zero attached hydrogens (tertiary/aromatic N) is 1. The van der Waals surface area contributed by atoms with E-state index in [0.29, 0.717) is 32.8 Å². The summed E-state index contributed by atoms with van der Waals surface area (Å²) in [6, 6.07) is 10.0. The van der Waals surface area contributed by atoms with E-state index in [-0.39, 0.29) is 11.8 Å². The third-order valence-corrected chi connectivity index (χ3v) is 3.21. The molecule has 1 aliphatic heterocycles. The number of rotatable bonds is 5. The number of hydrogen-bond donors (Lipinski definition) is 1. The largest absolute Gasteiger partial charge is 0.381 e. The van der Waals surface area contributed by atoms with Gasteiger partial charge in [0.2, 0.25) is 5.91 Å². The Balaban J connectivity index is 2.00. The second-order valence-corrected chi connectivity index (χ2v) is 4.59. The maximum atomic E-state index is 12.3. The summed E-state index contributed by atoms with van der Waals surface area (Å²) in [7, 11) is 0. The lowest BCUT2D eigenvalue weighted by molar-refractivity contribution is -0.136. The molecule has 1 saturated heterocycles. The van der Waals surface area contributed by atoms with Crippen molar-refractivity contribution in [2.24, 2.45) is 11.7 Å². The van der Waals surface area contributed by atoms with Gasteiger partial charge in [0.15, 0.2) is 0 Å². The average Bonchev–Trinajstić information content (AvgIpc) is 2.92. The summed E-state index contributed by atoms with van der Waals surface area (Å²) < 4.78 is 5.28. The Hall–Kier alpha value is -1.39. The number of ether oxygens (including phenoxy) is 1. The van der Waals surface area contributed by atoms with Crippen molar-refractivity contribution in [1.29, 1.82) is 0 Å². The summed E-state index contributed by atoms with van der Waals surface area (Å²) in [5.74, 6) is 0.182. The third-order valence-electron chi connectivity index (χ3n) is 3.21. The molecule has 4 nitrogen and oxygen atoms in total. The lowest BCUT2D eigenvalue weighted by atomic mass is 10.1. The van der Waals surface area contributed by atoms with Gasteiger partial charge in [-0.2, -0.15) is 0 Å². The summed E-state index contributed by atoms with van der Waals surface area (Å²) >= 11 is 0. The number of carbonyl (C=O) groups excluding carboxylic acids is 1. The molecule has 0 bridgehead atoms. The molecule has 1 heterocycles. The predicted octanol–water partition coefficient (Wildman–Crippen LogP) is 1.01. The van der Waals surface area contributed by atoms with Crippen molar-refractivity contribution >= 4 is 5.91 Å². The average molecular weight is 248 g/mol. The number of carbonyl (C=O) groups is 1. The number of benzene rings is 1. The van der Waals surface area contributed by atoms with E-state index in [1.165, 1.54) is 0 Å². The molecule has 1 aromatic rings. The van der Waals surface area contributed by atoms with Crippen LogP contribution in [0.25, 0.3) is 0 Å². The van der Waals surface area contributed by atoms with E-state index in [0.717, 1.165) is 12.0 Å². The molecule has 0 aliphatic carbocycles. The van der Waals surface area contributed by atoms with Crippen molar-refractivity contribution in [3.63, 3.8) is 0 Å². The van der Waals surface area contributed by atoms with E-state index in [1.54, 1.807) is 0 Å². The van der Waals surface area contributed by atoms with E-state index in [4.69, 9.17) is 10.5 Å². The van der Waals surface area contributed by atoms with Gasteiger partial charge in [-0.1, -0.05) is 30.3 Å². The number of amides is 1. The first-order valence-electron chi connectivity index (χ1n) is 6.42. The van der Waals surface area contributed by atoms with E-state index < -0.39 is 0 Å². The summed E-state index contributed by atoms with van der Waals surface area (Å²) in [4.78, 5) is 14.2. The molecule has 1 unspecified atom stereocenters. The minimum absolute atomic E-state index is 0.0141. The van der Waals surface area contributed by atoms with E-state index in [1.807, 2.05) is 35.2 Å². The molecule has 1 aliphatic rings. The zero-order valence-corrected chi connectivity index (χ0v) is 10.5. The number of nitrogens with two attached hydrogens (primary N) is 1. The Kier molecular flexibility index (Phi) is 4.73. The van der Waals surface area contributed by atoms with Crippen molar-refractivity contribution in [2.75, 3.05) is 26.3 Å². The zero-order chi connectivity index (χ0) is 12.8. The van der Waals surface area contributed by atoms with E-state index >= 15 is 0 Å². The fourth-order valence-corrected chi connectivity index (χ4v) is 2.21. The molecule has 2 N–H and O–H groups in total. The van der Waals surface area contributed by atoms with Crippen LogP contribution in [0.15, 0.2) is 30.3 Å². The third kappa shape index (κ3) is 3.31. The maximum absolute atomic E-state index is 12.3. The molecule has 0 saturated carbocycles. The molecule has 1 amide bonds. The standard InChI is InChI=1S/C14H20N2O2/c15-7-8-16(10-12-4-2-1-3-5-12)14(17)13-6-9-18-11-13/h1-5,13H,6-11,15H2. The van der Waals surface area contributed by atoms with Gasteiger partial charge in [0.25, 0.3) is 0 Å². The Morgan fingerprint density at radius 1 is 1.39 bits per heavy atom. The Bertz CT molecular complexity index is 375. The summed E-state index contributed by atoms with van der Waals surface area (Å²) in [6.07, 6.45) is 0.828. The molecule has 1 aromatic carbocycles. The normalized spacial score (nSPS) is 18.8. The SMILES string of the molecule is NCCN(Cc1ccccc1)C(=O)C1CCOC1. The van der Waals surface area contributed by atoms with Gasteiger partial charge in [-0.25, -0.2) is 0 Å². The molecule has 1 atom stereocenters. The van der Waals surface area contributed by atoms with E-state index in [2.05, 4.69) is 0 Å². The minimum atomic E-state index is 0.0141. The molecule has 98 valence electrons. The molecule has 18 heavy (non-hydrogen) atoms. The van der Waals surface area contributed by atoms with Crippen LogP contribution < -0.4 is 5.73 Å². The first kappa shape index (κ1) is 13.1. The van der Waals surface area contributed by atoms with Crippen LogP contribution in [0.3, 0.4) is 0 Å². The van der Waals surface area contributed by atoms with Gasteiger partial charge < -0.3 is 15.4 Å². The fourth-order valence-electron chi connectivity index (χ4n) is 2.21. The van der Waals surface area contributed by atoms with Crippen LogP contribution in [0.5, 0.6) is 0 Å². The molecule has 0 radical (unpaired) electrons. The monoisotopic (exact) mass is 248 g/mol. The van der Waals surface area contributed by atoms with Crippen LogP contribution in [-0.2, 0) is 16.1 Å². The van der Waals surface area contributed by atoms with Crippen LogP contribution in [0.2, 0.25) is 0 Å². The van der Waals surface area contributed by atoms with Gasteiger partial charge in [0.1, 0.15) is 0 Å². The van der Waals surface area contributed by atoms with Gasteiger partial charge >= 0.3 is 0 Å². The van der Waals surface area contributed by atoms with Crippen LogP contribution in [0.1, 0.15) is 12.0 Å². The predicted molar refractivity (Wildman–Crippen MR) is 69.8 cm³/mol. The highest BCUT2D eigenvalue weighted by atomic mass is 16.5. The van der Waals surface area contributed by atoms with Gasteiger partial charge in [0.05, 0.1) is 12.5 Å². The molecule has 2 rings (SSSR count). The fraction of sp³-hybridized carbons (Fsp3) is 0.500. The van der Waals surface area contributed by atoms with Crippen molar-refractivity contribution < 1.29 is 9.53 Å². The summed E-state index contributed by atoms with van der Waals surface area (Å²) in [6.45, 7) is 2.97. The second-order valence-electron chi connectivity index (χ2n) is 4.59. The van der Waals surface area contributed by atoms with Gasteiger partial charge in [-0.15, -0.1) is 0 Å². The Morgan fingerprint density at radius 3 is 2.78 bits per heavy atom. The molecular formula is C14H20N2O2. The van der Waals surface area contributed by atoms with Gasteiger partial charge in [-0.3, -0.25) is 4.79 Å². The highest BCUT2D eigenvalue weighted by molar-refractivity contribution is 5.79. The molecule has 0 spiro atoms. The van der Waals surface area contributed by atoms with Crippen LogP contribution in [-0.4, -0.2) is 37.1 Å². The lowest BCUT2D eigenvalue weighted by Gasteiger charge is -2.24. The van der Waals surface area contributed by atoms with Crippen molar-refractivity contribution in [3.8, 4) is 0 Å². The Labute approximate surface area is 108 Å².